The summed E-state index contributed by atoms with van der Waals surface area (Å²) in [5.74, 6) is 3.84. The highest BCUT2D eigenvalue weighted by Gasteiger charge is 2.55. The highest BCUT2D eigenvalue weighted by Crippen LogP contribution is 2.62. The number of ether oxygens (including phenoxy) is 1. The van der Waals surface area contributed by atoms with Gasteiger partial charge in [0.05, 0.1) is 7.11 Å². The van der Waals surface area contributed by atoms with Gasteiger partial charge < -0.3 is 10.1 Å². The zero-order valence-electron chi connectivity index (χ0n) is 11.6. The molecule has 98 valence electrons. The van der Waals surface area contributed by atoms with E-state index in [1.807, 2.05) is 0 Å². The van der Waals surface area contributed by atoms with Crippen LogP contribution in [-0.2, 0) is 0 Å². The zero-order valence-corrected chi connectivity index (χ0v) is 11.6. The largest absolute Gasteiger partial charge is 0.496 e. The van der Waals surface area contributed by atoms with E-state index in [2.05, 4.69) is 37.5 Å². The first kappa shape index (κ1) is 12.0. The Kier molecular flexibility index (Phi) is 3.06. The highest BCUT2D eigenvalue weighted by atomic mass is 16.5. The molecule has 0 spiro atoms. The van der Waals surface area contributed by atoms with Gasteiger partial charge in [0.1, 0.15) is 5.75 Å². The van der Waals surface area contributed by atoms with Crippen LogP contribution < -0.4 is 10.1 Å². The van der Waals surface area contributed by atoms with Gasteiger partial charge in [0.2, 0.25) is 0 Å². The van der Waals surface area contributed by atoms with Crippen molar-refractivity contribution >= 4 is 0 Å². The van der Waals surface area contributed by atoms with E-state index in [1.54, 1.807) is 7.11 Å². The van der Waals surface area contributed by atoms with E-state index in [4.69, 9.17) is 4.74 Å². The van der Waals surface area contributed by atoms with Gasteiger partial charge in [0, 0.05) is 6.04 Å². The summed E-state index contributed by atoms with van der Waals surface area (Å²) in [4.78, 5) is 0. The maximum absolute atomic E-state index is 5.34. The predicted molar refractivity (Wildman–Crippen MR) is 73.9 cm³/mol. The molecule has 3 atom stereocenters. The third-order valence-corrected chi connectivity index (χ3v) is 4.95. The minimum atomic E-state index is 0.532. The van der Waals surface area contributed by atoms with E-state index in [-0.39, 0.29) is 0 Å². The average Bonchev–Trinajstić information content (AvgIpc) is 2.85. The van der Waals surface area contributed by atoms with Gasteiger partial charge >= 0.3 is 0 Å². The molecule has 2 heteroatoms. The second-order valence-corrected chi connectivity index (χ2v) is 5.83. The molecule has 1 aromatic rings. The fraction of sp³-hybridized carbons (Fsp3) is 0.625. The minimum Gasteiger partial charge on any atom is -0.496 e. The molecule has 2 fully saturated rings. The number of benzene rings is 1. The highest BCUT2D eigenvalue weighted by molar-refractivity contribution is 5.38. The van der Waals surface area contributed by atoms with E-state index in [0.717, 1.165) is 23.5 Å². The van der Waals surface area contributed by atoms with Crippen molar-refractivity contribution < 1.29 is 4.74 Å². The van der Waals surface area contributed by atoms with Gasteiger partial charge in [0.25, 0.3) is 0 Å². The van der Waals surface area contributed by atoms with Crippen molar-refractivity contribution in [3.63, 3.8) is 0 Å². The molecular weight excluding hydrogens is 222 g/mol. The Labute approximate surface area is 110 Å². The molecule has 0 aliphatic heterocycles. The van der Waals surface area contributed by atoms with E-state index in [9.17, 15) is 0 Å². The Balaban J connectivity index is 1.82. The number of hydrogen-bond donors (Lipinski definition) is 1. The van der Waals surface area contributed by atoms with Crippen molar-refractivity contribution in [1.29, 1.82) is 0 Å². The molecule has 0 radical (unpaired) electrons. The second kappa shape index (κ2) is 4.58. The van der Waals surface area contributed by atoms with Crippen LogP contribution >= 0.6 is 0 Å². The Morgan fingerprint density at radius 1 is 1.28 bits per heavy atom. The molecule has 2 nitrogen and oxygen atoms in total. The lowest BCUT2D eigenvalue weighted by Crippen LogP contribution is -2.20. The van der Waals surface area contributed by atoms with Crippen molar-refractivity contribution in [3.8, 4) is 5.75 Å². The molecule has 0 saturated heterocycles. The van der Waals surface area contributed by atoms with Crippen LogP contribution in [0.1, 0.15) is 36.4 Å². The molecule has 2 aliphatic carbocycles. The van der Waals surface area contributed by atoms with Crippen LogP contribution in [0.2, 0.25) is 0 Å². The minimum absolute atomic E-state index is 0.532. The van der Waals surface area contributed by atoms with Crippen molar-refractivity contribution in [1.82, 2.24) is 5.32 Å². The van der Waals surface area contributed by atoms with Crippen LogP contribution in [-0.4, -0.2) is 14.2 Å². The number of aryl methyl sites for hydroxylation is 1. The first-order valence-corrected chi connectivity index (χ1v) is 7.08. The van der Waals surface area contributed by atoms with Gasteiger partial charge in [-0.05, 0) is 61.8 Å². The first-order valence-electron chi connectivity index (χ1n) is 7.08. The Bertz CT molecular complexity index is 433. The van der Waals surface area contributed by atoms with Gasteiger partial charge in [-0.15, -0.1) is 0 Å². The van der Waals surface area contributed by atoms with Crippen LogP contribution in [0.5, 0.6) is 5.75 Å². The molecule has 0 heterocycles. The molecule has 1 aromatic carbocycles. The van der Waals surface area contributed by atoms with Crippen molar-refractivity contribution in [2.75, 3.05) is 14.2 Å². The third kappa shape index (κ3) is 1.83. The summed E-state index contributed by atoms with van der Waals surface area (Å²) in [5, 5.41) is 3.53. The van der Waals surface area contributed by atoms with Gasteiger partial charge in [0.15, 0.2) is 0 Å². The van der Waals surface area contributed by atoms with Crippen molar-refractivity contribution in [2.45, 2.75) is 32.2 Å². The van der Waals surface area contributed by atoms with Crippen molar-refractivity contribution in [3.05, 3.63) is 29.3 Å². The Hall–Kier alpha value is -1.02. The smallest absolute Gasteiger partial charge is 0.121 e. The Morgan fingerprint density at radius 3 is 2.56 bits per heavy atom. The zero-order chi connectivity index (χ0) is 12.7. The quantitative estimate of drug-likeness (QED) is 0.878. The first-order chi connectivity index (χ1) is 8.76. The SMILES string of the molecule is CNC(c1ccc(OC)c(C)c1)C1C2CCCC21. The number of nitrogens with one attached hydrogen (secondary N) is 1. The number of hydrogen-bond acceptors (Lipinski definition) is 2. The van der Waals surface area contributed by atoms with Gasteiger partial charge in [-0.25, -0.2) is 0 Å². The number of fused-ring (bicyclic) bond motifs is 1. The summed E-state index contributed by atoms with van der Waals surface area (Å²) in [6.45, 7) is 2.13. The lowest BCUT2D eigenvalue weighted by atomic mass is 9.95. The topological polar surface area (TPSA) is 21.3 Å². The lowest BCUT2D eigenvalue weighted by Gasteiger charge is -2.20. The summed E-state index contributed by atoms with van der Waals surface area (Å²) >= 11 is 0. The van der Waals surface area contributed by atoms with Crippen LogP contribution in [0.4, 0.5) is 0 Å². The molecule has 2 aliphatic rings. The summed E-state index contributed by atoms with van der Waals surface area (Å²) in [6.07, 6.45) is 4.34. The van der Waals surface area contributed by atoms with Crippen LogP contribution in [0.15, 0.2) is 18.2 Å². The fourth-order valence-corrected chi connectivity index (χ4v) is 4.05. The maximum Gasteiger partial charge on any atom is 0.121 e. The fourth-order valence-electron chi connectivity index (χ4n) is 4.05. The molecule has 1 N–H and O–H groups in total. The van der Waals surface area contributed by atoms with E-state index in [1.165, 1.54) is 30.4 Å². The molecule has 0 amide bonds. The molecule has 2 saturated carbocycles. The molecule has 3 unspecified atom stereocenters. The number of methoxy groups -OCH3 is 1. The summed E-state index contributed by atoms with van der Waals surface area (Å²) in [7, 11) is 3.83. The lowest BCUT2D eigenvalue weighted by molar-refractivity contribution is 0.409. The van der Waals surface area contributed by atoms with Crippen LogP contribution in [0.25, 0.3) is 0 Å². The molecule has 0 bridgehead atoms. The normalized spacial score (nSPS) is 30.9. The summed E-state index contributed by atoms with van der Waals surface area (Å²) < 4.78 is 5.34. The van der Waals surface area contributed by atoms with E-state index < -0.39 is 0 Å². The second-order valence-electron chi connectivity index (χ2n) is 5.83. The van der Waals surface area contributed by atoms with Gasteiger partial charge in [-0.3, -0.25) is 0 Å². The predicted octanol–water partition coefficient (Wildman–Crippen LogP) is 3.31. The summed E-state index contributed by atoms with van der Waals surface area (Å²) in [6, 6.07) is 7.15. The molecular formula is C16H23NO. The average molecular weight is 245 g/mol. The standard InChI is InChI=1S/C16H23NO/c1-10-9-11(7-8-14(10)18-3)16(17-2)15-12-5-4-6-13(12)15/h7-9,12-13,15-17H,4-6H2,1-3H3. The third-order valence-electron chi connectivity index (χ3n) is 4.95. The van der Waals surface area contributed by atoms with E-state index >= 15 is 0 Å². The number of rotatable bonds is 4. The maximum atomic E-state index is 5.34. The monoisotopic (exact) mass is 245 g/mol. The van der Waals surface area contributed by atoms with Gasteiger partial charge in [-0.1, -0.05) is 18.6 Å². The molecule has 3 rings (SSSR count). The molecule has 0 aromatic heterocycles. The Morgan fingerprint density at radius 2 is 2.00 bits per heavy atom. The summed E-state index contributed by atoms with van der Waals surface area (Å²) in [5.41, 5.74) is 2.66. The van der Waals surface area contributed by atoms with Crippen LogP contribution in [0, 0.1) is 24.7 Å². The van der Waals surface area contributed by atoms with Crippen molar-refractivity contribution in [2.24, 2.45) is 17.8 Å². The van der Waals surface area contributed by atoms with E-state index in [0.29, 0.717) is 6.04 Å². The van der Waals surface area contributed by atoms with Crippen LogP contribution in [0.3, 0.4) is 0 Å². The molecule has 18 heavy (non-hydrogen) atoms. The van der Waals surface area contributed by atoms with Gasteiger partial charge in [-0.2, -0.15) is 0 Å².